The van der Waals surface area contributed by atoms with Gasteiger partial charge in [-0.05, 0) is 55.5 Å². The lowest BCUT2D eigenvalue weighted by Crippen LogP contribution is -2.50. The predicted molar refractivity (Wildman–Crippen MR) is 90.0 cm³/mol. The molecule has 2 aromatic rings. The highest BCUT2D eigenvalue weighted by Gasteiger charge is 2.42. The molecule has 122 valence electrons. The molecule has 1 N–H and O–H groups in total. The van der Waals surface area contributed by atoms with Gasteiger partial charge in [0.15, 0.2) is 0 Å². The first-order valence-corrected chi connectivity index (χ1v) is 9.19. The van der Waals surface area contributed by atoms with Crippen LogP contribution in [0.25, 0.3) is 0 Å². The normalized spacial score (nSPS) is 16.6. The lowest BCUT2D eigenvalue weighted by atomic mass is 9.73. The second-order valence-corrected chi connectivity index (χ2v) is 7.69. The predicted octanol–water partition coefficient (Wildman–Crippen LogP) is 3.36. The van der Waals surface area contributed by atoms with Crippen LogP contribution in [0.15, 0.2) is 53.4 Å². The number of nitrogens with one attached hydrogen (secondary N) is 1. The largest absolute Gasteiger partial charge is 0.497 e. The van der Waals surface area contributed by atoms with Crippen LogP contribution in [0.5, 0.6) is 5.75 Å². The summed E-state index contributed by atoms with van der Waals surface area (Å²) in [4.78, 5) is 0.306. The Morgan fingerprint density at radius 3 is 2.30 bits per heavy atom. The van der Waals surface area contributed by atoms with Gasteiger partial charge in [0.2, 0.25) is 10.0 Å². The fourth-order valence-corrected chi connectivity index (χ4v) is 4.78. The molecule has 1 saturated carbocycles. The van der Waals surface area contributed by atoms with Gasteiger partial charge in [0.25, 0.3) is 0 Å². The lowest BCUT2D eigenvalue weighted by molar-refractivity contribution is 0.224. The molecule has 1 fully saturated rings. The summed E-state index contributed by atoms with van der Waals surface area (Å²) in [6.07, 6.45) is 2.68. The maximum absolute atomic E-state index is 12.9. The Kier molecular flexibility index (Phi) is 4.17. The molecule has 23 heavy (non-hydrogen) atoms. The summed E-state index contributed by atoms with van der Waals surface area (Å²) in [5.41, 5.74) is 1.23. The summed E-state index contributed by atoms with van der Waals surface area (Å²) in [7, 11) is -2.02. The number of ether oxygens (including phenoxy) is 1. The lowest BCUT2D eigenvalue weighted by Gasteiger charge is -2.42. The zero-order valence-electron chi connectivity index (χ0n) is 13.4. The molecular formula is C18H21NO3S. The minimum Gasteiger partial charge on any atom is -0.497 e. The Morgan fingerprint density at radius 1 is 1.09 bits per heavy atom. The summed E-state index contributed by atoms with van der Waals surface area (Å²) in [6, 6.07) is 14.8. The van der Waals surface area contributed by atoms with Crippen LogP contribution < -0.4 is 9.46 Å². The van der Waals surface area contributed by atoms with E-state index >= 15 is 0 Å². The Hall–Kier alpha value is -1.85. The summed E-state index contributed by atoms with van der Waals surface area (Å²) in [5.74, 6) is 0.655. The molecule has 0 aromatic heterocycles. The van der Waals surface area contributed by atoms with E-state index in [1.807, 2.05) is 30.3 Å². The molecule has 1 aliphatic rings. The summed E-state index contributed by atoms with van der Waals surface area (Å²) < 4.78 is 33.9. The Labute approximate surface area is 137 Å². The van der Waals surface area contributed by atoms with E-state index in [1.165, 1.54) is 0 Å². The third-order valence-corrected chi connectivity index (χ3v) is 6.23. The van der Waals surface area contributed by atoms with Crippen molar-refractivity contribution in [1.29, 1.82) is 0 Å². The van der Waals surface area contributed by atoms with Crippen molar-refractivity contribution in [3.8, 4) is 5.75 Å². The number of sulfonamides is 1. The minimum absolute atomic E-state index is 0.306. The van der Waals surface area contributed by atoms with Crippen LogP contribution in [-0.4, -0.2) is 15.5 Å². The van der Waals surface area contributed by atoms with Crippen LogP contribution in [0.2, 0.25) is 0 Å². The van der Waals surface area contributed by atoms with E-state index in [0.29, 0.717) is 16.2 Å². The van der Waals surface area contributed by atoms with Crippen molar-refractivity contribution in [2.75, 3.05) is 7.11 Å². The molecule has 0 amide bonds. The van der Waals surface area contributed by atoms with Gasteiger partial charge in [-0.1, -0.05) is 30.3 Å². The van der Waals surface area contributed by atoms with Gasteiger partial charge in [-0.3, -0.25) is 0 Å². The fourth-order valence-electron chi connectivity index (χ4n) is 3.10. The monoisotopic (exact) mass is 331 g/mol. The van der Waals surface area contributed by atoms with E-state index in [1.54, 1.807) is 32.2 Å². The number of hydrogen-bond acceptors (Lipinski definition) is 3. The van der Waals surface area contributed by atoms with Crippen molar-refractivity contribution in [3.63, 3.8) is 0 Å². The van der Waals surface area contributed by atoms with Crippen molar-refractivity contribution in [3.05, 3.63) is 59.7 Å². The first kappa shape index (κ1) is 16.0. The minimum atomic E-state index is -3.59. The van der Waals surface area contributed by atoms with E-state index in [-0.39, 0.29) is 0 Å². The molecule has 5 heteroatoms. The van der Waals surface area contributed by atoms with Gasteiger partial charge in [-0.25, -0.2) is 13.1 Å². The first-order valence-electron chi connectivity index (χ1n) is 7.71. The van der Waals surface area contributed by atoms with E-state index < -0.39 is 15.6 Å². The summed E-state index contributed by atoms with van der Waals surface area (Å²) >= 11 is 0. The molecule has 2 aromatic carbocycles. The van der Waals surface area contributed by atoms with Crippen LogP contribution in [0.3, 0.4) is 0 Å². The molecule has 0 bridgehead atoms. The highest BCUT2D eigenvalue weighted by atomic mass is 32.2. The van der Waals surface area contributed by atoms with Gasteiger partial charge < -0.3 is 4.74 Å². The van der Waals surface area contributed by atoms with Crippen molar-refractivity contribution in [1.82, 2.24) is 4.72 Å². The molecule has 0 aliphatic heterocycles. The molecule has 0 saturated heterocycles. The Balaban J connectivity index is 1.94. The second kappa shape index (κ2) is 5.98. The number of benzene rings is 2. The average Bonchev–Trinajstić information content (AvgIpc) is 2.51. The molecule has 0 radical (unpaired) electrons. The third kappa shape index (κ3) is 2.99. The average molecular weight is 331 g/mol. The van der Waals surface area contributed by atoms with E-state index in [4.69, 9.17) is 4.74 Å². The van der Waals surface area contributed by atoms with Crippen LogP contribution >= 0.6 is 0 Å². The number of rotatable bonds is 5. The van der Waals surface area contributed by atoms with Gasteiger partial charge in [0, 0.05) is 0 Å². The fraction of sp³-hybridized carbons (Fsp3) is 0.333. The van der Waals surface area contributed by atoms with Crippen LogP contribution in [0, 0.1) is 6.92 Å². The summed E-state index contributed by atoms with van der Waals surface area (Å²) in [6.45, 7) is 1.78. The van der Waals surface area contributed by atoms with Crippen LogP contribution in [-0.2, 0) is 15.6 Å². The molecule has 3 rings (SSSR count). The highest BCUT2D eigenvalue weighted by Crippen LogP contribution is 2.42. The van der Waals surface area contributed by atoms with Gasteiger partial charge in [0.05, 0.1) is 17.5 Å². The molecular weight excluding hydrogens is 310 g/mol. The number of methoxy groups -OCH3 is 1. The van der Waals surface area contributed by atoms with Crippen LogP contribution in [0.4, 0.5) is 0 Å². The molecule has 0 spiro atoms. The molecule has 0 atom stereocenters. The molecule has 0 unspecified atom stereocenters. The van der Waals surface area contributed by atoms with Gasteiger partial charge in [0.1, 0.15) is 5.75 Å². The van der Waals surface area contributed by atoms with Crippen LogP contribution in [0.1, 0.15) is 30.4 Å². The number of aryl methyl sites for hydroxylation is 1. The SMILES string of the molecule is COc1ccc(S(=O)(=O)NC2(c3ccccc3)CCC2)c(C)c1. The summed E-state index contributed by atoms with van der Waals surface area (Å²) in [5, 5.41) is 0. The Bertz CT molecular complexity index is 796. The maximum Gasteiger partial charge on any atom is 0.241 e. The van der Waals surface area contributed by atoms with Gasteiger partial charge in [-0.15, -0.1) is 0 Å². The smallest absolute Gasteiger partial charge is 0.241 e. The molecule has 1 aliphatic carbocycles. The molecule has 4 nitrogen and oxygen atoms in total. The zero-order valence-corrected chi connectivity index (χ0v) is 14.2. The van der Waals surface area contributed by atoms with Gasteiger partial charge in [-0.2, -0.15) is 0 Å². The quantitative estimate of drug-likeness (QED) is 0.914. The van der Waals surface area contributed by atoms with Crippen molar-refractivity contribution in [2.45, 2.75) is 36.6 Å². The first-order chi connectivity index (χ1) is 11.0. The van der Waals surface area contributed by atoms with Crippen molar-refractivity contribution >= 4 is 10.0 Å². The number of hydrogen-bond donors (Lipinski definition) is 1. The Morgan fingerprint density at radius 2 is 1.78 bits per heavy atom. The van der Waals surface area contributed by atoms with E-state index in [9.17, 15) is 8.42 Å². The second-order valence-electron chi connectivity index (χ2n) is 6.04. The highest BCUT2D eigenvalue weighted by molar-refractivity contribution is 7.89. The van der Waals surface area contributed by atoms with Crippen molar-refractivity contribution in [2.24, 2.45) is 0 Å². The maximum atomic E-state index is 12.9. The van der Waals surface area contributed by atoms with Crippen molar-refractivity contribution < 1.29 is 13.2 Å². The standard InChI is InChI=1S/C18H21NO3S/c1-14-13-16(22-2)9-10-17(14)23(20,21)19-18(11-6-12-18)15-7-4-3-5-8-15/h3-5,7-10,13,19H,6,11-12H2,1-2H3. The third-order valence-electron chi connectivity index (χ3n) is 4.53. The van der Waals surface area contributed by atoms with E-state index in [2.05, 4.69) is 4.72 Å². The topological polar surface area (TPSA) is 55.4 Å². The van der Waals surface area contributed by atoms with Gasteiger partial charge >= 0.3 is 0 Å². The molecule has 0 heterocycles. The van der Waals surface area contributed by atoms with E-state index in [0.717, 1.165) is 24.8 Å². The zero-order chi connectivity index (χ0) is 16.5.